The summed E-state index contributed by atoms with van der Waals surface area (Å²) >= 11 is 0. The molecule has 7 heteroatoms. The predicted molar refractivity (Wildman–Crippen MR) is 74.3 cm³/mol. The van der Waals surface area contributed by atoms with Gasteiger partial charge in [0.15, 0.2) is 0 Å². The van der Waals surface area contributed by atoms with Gasteiger partial charge in [0.2, 0.25) is 0 Å². The third-order valence-electron chi connectivity index (χ3n) is 2.89. The van der Waals surface area contributed by atoms with Crippen LogP contribution in [0.1, 0.15) is 17.0 Å². The summed E-state index contributed by atoms with van der Waals surface area (Å²) in [5, 5.41) is 10.9. The molecule has 0 aliphatic rings. The van der Waals surface area contributed by atoms with Gasteiger partial charge in [-0.15, -0.1) is 0 Å². The third-order valence-corrected chi connectivity index (χ3v) is 2.89. The van der Waals surface area contributed by atoms with Gasteiger partial charge in [-0.05, 0) is 31.2 Å². The lowest BCUT2D eigenvalue weighted by Gasteiger charge is -2.10. The fourth-order valence-corrected chi connectivity index (χ4v) is 1.88. The van der Waals surface area contributed by atoms with E-state index in [-0.39, 0.29) is 24.4 Å². The molecule has 110 valence electrons. The van der Waals surface area contributed by atoms with Crippen LogP contribution in [-0.2, 0) is 13.2 Å². The van der Waals surface area contributed by atoms with Gasteiger partial charge in [0.05, 0.1) is 16.2 Å². The number of hydrogen-bond donors (Lipinski definition) is 1. The Morgan fingerprint density at radius 3 is 2.81 bits per heavy atom. The topological polar surface area (TPSA) is 91.3 Å². The molecule has 0 fully saturated rings. The van der Waals surface area contributed by atoms with E-state index in [0.29, 0.717) is 11.4 Å². The lowest BCUT2D eigenvalue weighted by molar-refractivity contribution is -0.385. The summed E-state index contributed by atoms with van der Waals surface area (Å²) in [6, 6.07) is 6.68. The molecule has 0 saturated carbocycles. The molecule has 0 aliphatic carbocycles. The number of halogens is 1. The Morgan fingerprint density at radius 1 is 1.38 bits per heavy atom. The molecule has 0 saturated heterocycles. The highest BCUT2D eigenvalue weighted by Gasteiger charge is 2.15. The largest absolute Gasteiger partial charge is 0.487 e. The second-order valence-corrected chi connectivity index (χ2v) is 4.42. The van der Waals surface area contributed by atoms with Crippen LogP contribution < -0.4 is 10.5 Å². The Kier molecular flexibility index (Phi) is 4.44. The fraction of sp³-hybridized carbons (Fsp3) is 0.214. The summed E-state index contributed by atoms with van der Waals surface area (Å²) in [7, 11) is 0. The molecule has 1 aromatic carbocycles. The van der Waals surface area contributed by atoms with Crippen LogP contribution in [0.3, 0.4) is 0 Å². The third kappa shape index (κ3) is 3.51. The second kappa shape index (κ2) is 6.27. The summed E-state index contributed by atoms with van der Waals surface area (Å²) in [6.45, 7) is 1.87. The molecular formula is C14H14FN3O3. The number of rotatable bonds is 5. The van der Waals surface area contributed by atoms with E-state index in [4.69, 9.17) is 10.5 Å². The van der Waals surface area contributed by atoms with Gasteiger partial charge >= 0.3 is 0 Å². The number of nitro benzene ring substituents is 1. The molecule has 2 N–H and O–H groups in total. The molecule has 0 unspecified atom stereocenters. The Bertz CT molecular complexity index is 677. The molecule has 2 aromatic rings. The zero-order valence-electron chi connectivity index (χ0n) is 11.4. The number of hydrogen-bond acceptors (Lipinski definition) is 5. The number of aromatic nitrogens is 1. The first-order chi connectivity index (χ1) is 10.0. The molecule has 0 aliphatic heterocycles. The maximum atomic E-state index is 13.2. The van der Waals surface area contributed by atoms with Crippen molar-refractivity contribution in [2.24, 2.45) is 5.73 Å². The van der Waals surface area contributed by atoms with E-state index in [1.807, 2.05) is 6.92 Å². The van der Waals surface area contributed by atoms with Crippen LogP contribution in [0.25, 0.3) is 0 Å². The zero-order valence-corrected chi connectivity index (χ0v) is 11.4. The summed E-state index contributed by atoms with van der Waals surface area (Å²) in [5.74, 6) is -0.123. The van der Waals surface area contributed by atoms with E-state index in [1.54, 1.807) is 12.1 Å². The number of pyridine rings is 1. The monoisotopic (exact) mass is 291 g/mol. The standard InChI is InChI=1S/C14H14FN3O3/c1-9-2-5-14(12(7-16)17-9)21-8-10-6-11(15)3-4-13(10)18(19)20/h2-6H,7-8,16H2,1H3. The number of nitrogens with zero attached hydrogens (tertiary/aromatic N) is 2. The van der Waals surface area contributed by atoms with E-state index < -0.39 is 10.7 Å². The highest BCUT2D eigenvalue weighted by Crippen LogP contribution is 2.23. The molecular weight excluding hydrogens is 277 g/mol. The van der Waals surface area contributed by atoms with E-state index in [2.05, 4.69) is 4.98 Å². The van der Waals surface area contributed by atoms with Crippen molar-refractivity contribution in [3.05, 3.63) is 63.2 Å². The van der Waals surface area contributed by atoms with E-state index in [1.165, 1.54) is 0 Å². The minimum absolute atomic E-state index is 0.133. The van der Waals surface area contributed by atoms with E-state index in [9.17, 15) is 14.5 Å². The number of benzene rings is 1. The second-order valence-electron chi connectivity index (χ2n) is 4.42. The average Bonchev–Trinajstić information content (AvgIpc) is 2.45. The molecule has 21 heavy (non-hydrogen) atoms. The first kappa shape index (κ1) is 14.9. The number of nitro groups is 1. The van der Waals surface area contributed by atoms with Gasteiger partial charge in [-0.1, -0.05) is 0 Å². The van der Waals surface area contributed by atoms with E-state index >= 15 is 0 Å². The minimum Gasteiger partial charge on any atom is -0.487 e. The van der Waals surface area contributed by atoms with Crippen molar-refractivity contribution < 1.29 is 14.1 Å². The Labute approximate surface area is 120 Å². The molecule has 0 bridgehead atoms. The van der Waals surface area contributed by atoms with Gasteiger partial charge in [0.1, 0.15) is 18.2 Å². The van der Waals surface area contributed by atoms with Crippen LogP contribution in [0.5, 0.6) is 5.75 Å². The summed E-state index contributed by atoms with van der Waals surface area (Å²) in [4.78, 5) is 14.6. The van der Waals surface area contributed by atoms with Crippen molar-refractivity contribution in [1.82, 2.24) is 4.98 Å². The van der Waals surface area contributed by atoms with Gasteiger partial charge in [0.25, 0.3) is 5.69 Å². The van der Waals surface area contributed by atoms with Crippen LogP contribution in [0.2, 0.25) is 0 Å². The highest BCUT2D eigenvalue weighted by atomic mass is 19.1. The van der Waals surface area contributed by atoms with Crippen LogP contribution in [0.15, 0.2) is 30.3 Å². The van der Waals surface area contributed by atoms with Crippen molar-refractivity contribution >= 4 is 5.69 Å². The molecule has 6 nitrogen and oxygen atoms in total. The molecule has 0 radical (unpaired) electrons. The lowest BCUT2D eigenvalue weighted by atomic mass is 10.2. The Balaban J connectivity index is 2.24. The van der Waals surface area contributed by atoms with Gasteiger partial charge in [0, 0.05) is 18.3 Å². The average molecular weight is 291 g/mol. The summed E-state index contributed by atoms with van der Waals surface area (Å²) in [5.41, 5.74) is 6.89. The van der Waals surface area contributed by atoms with E-state index in [0.717, 1.165) is 23.9 Å². The van der Waals surface area contributed by atoms with Crippen molar-refractivity contribution in [3.63, 3.8) is 0 Å². The summed E-state index contributed by atoms with van der Waals surface area (Å²) < 4.78 is 18.7. The maximum absolute atomic E-state index is 13.2. The van der Waals surface area contributed by atoms with Crippen LogP contribution in [0, 0.1) is 22.9 Å². The van der Waals surface area contributed by atoms with Crippen molar-refractivity contribution in [3.8, 4) is 5.75 Å². The quantitative estimate of drug-likeness (QED) is 0.675. The maximum Gasteiger partial charge on any atom is 0.276 e. The molecule has 0 amide bonds. The lowest BCUT2D eigenvalue weighted by Crippen LogP contribution is -2.07. The molecule has 0 atom stereocenters. The van der Waals surface area contributed by atoms with Gasteiger partial charge in [-0.2, -0.15) is 0 Å². The van der Waals surface area contributed by atoms with Crippen molar-refractivity contribution in [1.29, 1.82) is 0 Å². The van der Waals surface area contributed by atoms with Crippen molar-refractivity contribution in [2.45, 2.75) is 20.1 Å². The highest BCUT2D eigenvalue weighted by molar-refractivity contribution is 5.40. The van der Waals surface area contributed by atoms with Gasteiger partial charge in [-0.25, -0.2) is 4.39 Å². The number of ether oxygens (including phenoxy) is 1. The zero-order chi connectivity index (χ0) is 15.4. The number of aryl methyl sites for hydroxylation is 1. The van der Waals surface area contributed by atoms with Gasteiger partial charge in [-0.3, -0.25) is 15.1 Å². The smallest absolute Gasteiger partial charge is 0.276 e. The fourth-order valence-electron chi connectivity index (χ4n) is 1.88. The molecule has 1 heterocycles. The Hall–Kier alpha value is -2.54. The summed E-state index contributed by atoms with van der Waals surface area (Å²) in [6.07, 6.45) is 0. The predicted octanol–water partition coefficient (Wildman–Crippen LogP) is 2.48. The Morgan fingerprint density at radius 2 is 2.14 bits per heavy atom. The molecule has 0 spiro atoms. The first-order valence-electron chi connectivity index (χ1n) is 6.23. The van der Waals surface area contributed by atoms with Gasteiger partial charge < -0.3 is 10.5 Å². The van der Waals surface area contributed by atoms with Crippen LogP contribution >= 0.6 is 0 Å². The van der Waals surface area contributed by atoms with Crippen LogP contribution in [0.4, 0.5) is 10.1 Å². The molecule has 2 rings (SSSR count). The van der Waals surface area contributed by atoms with Crippen LogP contribution in [-0.4, -0.2) is 9.91 Å². The number of nitrogens with two attached hydrogens (primary N) is 1. The molecule has 1 aromatic heterocycles. The normalized spacial score (nSPS) is 10.4. The first-order valence-corrected chi connectivity index (χ1v) is 6.23. The van der Waals surface area contributed by atoms with Crippen molar-refractivity contribution in [2.75, 3.05) is 0 Å². The SMILES string of the molecule is Cc1ccc(OCc2cc(F)ccc2[N+](=O)[O-])c(CN)n1. The minimum atomic E-state index is -0.574.